The van der Waals surface area contributed by atoms with Gasteiger partial charge >= 0.3 is 0 Å². The lowest BCUT2D eigenvalue weighted by molar-refractivity contribution is 0.395. The van der Waals surface area contributed by atoms with E-state index in [0.29, 0.717) is 28.8 Å². The zero-order chi connectivity index (χ0) is 14.5. The first-order valence-corrected chi connectivity index (χ1v) is 6.16. The summed E-state index contributed by atoms with van der Waals surface area (Å²) in [7, 11) is 3.17. The first kappa shape index (κ1) is 14.0. The highest BCUT2D eigenvalue weighted by Gasteiger charge is 2.08. The van der Waals surface area contributed by atoms with Crippen LogP contribution in [-0.4, -0.2) is 29.2 Å². The second kappa shape index (κ2) is 6.16. The van der Waals surface area contributed by atoms with Crippen LogP contribution in [0.1, 0.15) is 5.69 Å². The number of thiocarbonyl (C=S) groups is 1. The maximum Gasteiger partial charge on any atom is 0.227 e. The smallest absolute Gasteiger partial charge is 0.227 e. The molecule has 20 heavy (non-hydrogen) atoms. The monoisotopic (exact) mass is 290 g/mol. The summed E-state index contributed by atoms with van der Waals surface area (Å²) in [5.74, 6) is 1.71. The predicted molar refractivity (Wildman–Crippen MR) is 80.7 cm³/mol. The Hall–Kier alpha value is -2.41. The van der Waals surface area contributed by atoms with Gasteiger partial charge in [-0.1, -0.05) is 12.2 Å². The number of benzene rings is 1. The molecule has 7 heteroatoms. The van der Waals surface area contributed by atoms with Crippen LogP contribution in [0, 0.1) is 0 Å². The van der Waals surface area contributed by atoms with Crippen molar-refractivity contribution < 1.29 is 9.47 Å². The zero-order valence-electron chi connectivity index (χ0n) is 11.1. The van der Waals surface area contributed by atoms with Crippen LogP contribution >= 0.6 is 12.2 Å². The van der Waals surface area contributed by atoms with Gasteiger partial charge in [0, 0.05) is 12.3 Å². The fourth-order valence-electron chi connectivity index (χ4n) is 1.58. The molecule has 0 bridgehead atoms. The highest BCUT2D eigenvalue weighted by Crippen LogP contribution is 2.30. The largest absolute Gasteiger partial charge is 0.497 e. The number of nitrogens with zero attached hydrogens (tertiary/aromatic N) is 2. The summed E-state index contributed by atoms with van der Waals surface area (Å²) in [6.45, 7) is 0. The molecule has 0 radical (unpaired) electrons. The van der Waals surface area contributed by atoms with E-state index in [9.17, 15) is 0 Å². The molecular weight excluding hydrogens is 276 g/mol. The van der Waals surface area contributed by atoms with Crippen molar-refractivity contribution in [3.63, 3.8) is 0 Å². The summed E-state index contributed by atoms with van der Waals surface area (Å²) < 4.78 is 10.4. The van der Waals surface area contributed by atoms with Crippen LogP contribution in [0.2, 0.25) is 0 Å². The summed E-state index contributed by atoms with van der Waals surface area (Å²) in [6.07, 6.45) is 1.58. The number of ether oxygens (including phenoxy) is 2. The Morgan fingerprint density at radius 2 is 2.05 bits per heavy atom. The Morgan fingerprint density at radius 1 is 1.25 bits per heavy atom. The number of nitrogens with two attached hydrogens (primary N) is 1. The molecule has 2 rings (SSSR count). The van der Waals surface area contributed by atoms with Gasteiger partial charge in [0.25, 0.3) is 0 Å². The Bertz CT molecular complexity index is 634. The molecule has 6 nitrogen and oxygen atoms in total. The molecule has 0 fully saturated rings. The Balaban J connectivity index is 2.29. The van der Waals surface area contributed by atoms with Crippen LogP contribution in [0.25, 0.3) is 0 Å². The van der Waals surface area contributed by atoms with E-state index in [0.717, 1.165) is 0 Å². The lowest BCUT2D eigenvalue weighted by Crippen LogP contribution is -2.12. The second-order valence-corrected chi connectivity index (χ2v) is 4.26. The van der Waals surface area contributed by atoms with Crippen molar-refractivity contribution in [3.8, 4) is 11.5 Å². The molecular formula is C13H14N4O2S. The first-order chi connectivity index (χ1) is 9.63. The van der Waals surface area contributed by atoms with E-state index >= 15 is 0 Å². The van der Waals surface area contributed by atoms with Gasteiger partial charge in [-0.25, -0.2) is 9.97 Å². The van der Waals surface area contributed by atoms with E-state index in [1.807, 2.05) is 12.1 Å². The van der Waals surface area contributed by atoms with E-state index < -0.39 is 0 Å². The van der Waals surface area contributed by atoms with E-state index in [-0.39, 0.29) is 4.99 Å². The number of aromatic nitrogens is 2. The molecule has 1 aromatic heterocycles. The van der Waals surface area contributed by atoms with Crippen molar-refractivity contribution >= 4 is 28.8 Å². The highest BCUT2D eigenvalue weighted by molar-refractivity contribution is 7.80. The summed E-state index contributed by atoms with van der Waals surface area (Å²) in [4.78, 5) is 8.54. The number of rotatable bonds is 5. The van der Waals surface area contributed by atoms with E-state index in [1.165, 1.54) is 0 Å². The maximum absolute atomic E-state index is 5.54. The summed E-state index contributed by atoms with van der Waals surface area (Å²) >= 11 is 4.89. The van der Waals surface area contributed by atoms with Crippen LogP contribution in [0.15, 0.2) is 30.5 Å². The molecule has 0 atom stereocenters. The fraction of sp³-hybridized carbons (Fsp3) is 0.154. The van der Waals surface area contributed by atoms with Crippen LogP contribution in [0.3, 0.4) is 0 Å². The van der Waals surface area contributed by atoms with Crippen LogP contribution in [0.5, 0.6) is 11.5 Å². The van der Waals surface area contributed by atoms with Gasteiger partial charge < -0.3 is 20.5 Å². The van der Waals surface area contributed by atoms with Gasteiger partial charge in [0.2, 0.25) is 5.95 Å². The lowest BCUT2D eigenvalue weighted by atomic mass is 10.2. The minimum absolute atomic E-state index is 0.220. The van der Waals surface area contributed by atoms with Gasteiger partial charge in [-0.05, 0) is 18.2 Å². The molecule has 0 unspecified atom stereocenters. The van der Waals surface area contributed by atoms with Crippen molar-refractivity contribution in [2.45, 2.75) is 0 Å². The van der Waals surface area contributed by atoms with Crippen molar-refractivity contribution in [2.24, 2.45) is 5.73 Å². The molecule has 0 saturated carbocycles. The average Bonchev–Trinajstić information content (AvgIpc) is 2.48. The first-order valence-electron chi connectivity index (χ1n) is 5.76. The topological polar surface area (TPSA) is 82.3 Å². The summed E-state index contributed by atoms with van der Waals surface area (Å²) in [5, 5.41) is 3.05. The number of nitrogens with one attached hydrogen (secondary N) is 1. The molecule has 104 valence electrons. The molecule has 0 amide bonds. The van der Waals surface area contributed by atoms with Crippen molar-refractivity contribution in [1.82, 2.24) is 9.97 Å². The molecule has 0 saturated heterocycles. The molecule has 0 spiro atoms. The predicted octanol–water partition coefficient (Wildman–Crippen LogP) is 1.87. The molecule has 0 aliphatic heterocycles. The quantitative estimate of drug-likeness (QED) is 0.813. The maximum atomic E-state index is 5.54. The summed E-state index contributed by atoms with van der Waals surface area (Å²) in [6, 6.07) is 7.04. The molecule has 1 heterocycles. The number of methoxy groups -OCH3 is 2. The van der Waals surface area contributed by atoms with Gasteiger partial charge in [-0.2, -0.15) is 0 Å². The Labute approximate surface area is 121 Å². The second-order valence-electron chi connectivity index (χ2n) is 3.82. The van der Waals surface area contributed by atoms with Crippen LogP contribution in [0.4, 0.5) is 11.6 Å². The molecule has 3 N–H and O–H groups in total. The third-order valence-electron chi connectivity index (χ3n) is 2.56. The average molecular weight is 290 g/mol. The van der Waals surface area contributed by atoms with Crippen LogP contribution in [-0.2, 0) is 0 Å². The number of anilines is 2. The number of hydrogen-bond acceptors (Lipinski definition) is 6. The zero-order valence-corrected chi connectivity index (χ0v) is 11.9. The van der Waals surface area contributed by atoms with Crippen molar-refractivity contribution in [3.05, 3.63) is 36.2 Å². The Morgan fingerprint density at radius 3 is 2.70 bits per heavy atom. The van der Waals surface area contributed by atoms with Gasteiger partial charge in [0.1, 0.15) is 22.2 Å². The normalized spacial score (nSPS) is 9.90. The van der Waals surface area contributed by atoms with Gasteiger partial charge in [-0.15, -0.1) is 0 Å². The minimum atomic E-state index is 0.220. The van der Waals surface area contributed by atoms with Gasteiger partial charge in [0.05, 0.1) is 19.9 Å². The third-order valence-corrected chi connectivity index (χ3v) is 2.77. The molecule has 0 aliphatic carbocycles. The highest BCUT2D eigenvalue weighted by atomic mass is 32.1. The van der Waals surface area contributed by atoms with Gasteiger partial charge in [-0.3, -0.25) is 0 Å². The SMILES string of the molecule is COc1ccc(Nc2nccc(C(N)=S)n2)c(OC)c1. The molecule has 1 aromatic carbocycles. The summed E-state index contributed by atoms with van der Waals surface area (Å²) in [5.41, 5.74) is 6.76. The van der Waals surface area contributed by atoms with E-state index in [2.05, 4.69) is 15.3 Å². The lowest BCUT2D eigenvalue weighted by Gasteiger charge is -2.11. The fourth-order valence-corrected chi connectivity index (χ4v) is 1.69. The minimum Gasteiger partial charge on any atom is -0.497 e. The standard InChI is InChI=1S/C13H14N4O2S/c1-18-8-3-4-9(11(7-8)19-2)16-13-15-6-5-10(17-13)12(14)20/h3-7H,1-2H3,(H2,14,20)(H,15,16,17). The van der Waals surface area contributed by atoms with Crippen molar-refractivity contribution in [1.29, 1.82) is 0 Å². The van der Waals surface area contributed by atoms with E-state index in [1.54, 1.807) is 32.5 Å². The Kier molecular flexibility index (Phi) is 4.31. The van der Waals surface area contributed by atoms with Gasteiger partial charge in [0.15, 0.2) is 0 Å². The van der Waals surface area contributed by atoms with Crippen molar-refractivity contribution in [2.75, 3.05) is 19.5 Å². The van der Waals surface area contributed by atoms with E-state index in [4.69, 9.17) is 27.4 Å². The number of hydrogen-bond donors (Lipinski definition) is 2. The third kappa shape index (κ3) is 3.12. The molecule has 2 aromatic rings. The molecule has 0 aliphatic rings. The van der Waals surface area contributed by atoms with Crippen LogP contribution < -0.4 is 20.5 Å².